The number of pyridine rings is 1. The summed E-state index contributed by atoms with van der Waals surface area (Å²) >= 11 is 0. The van der Waals surface area contributed by atoms with Gasteiger partial charge in [-0.3, -0.25) is 4.98 Å². The lowest BCUT2D eigenvalue weighted by Gasteiger charge is -2.11. The summed E-state index contributed by atoms with van der Waals surface area (Å²) in [6, 6.07) is 13.2. The zero-order valence-electron chi connectivity index (χ0n) is 14.9. The molecule has 0 fully saturated rings. The maximum absolute atomic E-state index is 9.23. The molecule has 0 aliphatic carbocycles. The average molecular weight is 347 g/mol. The second-order valence-electron chi connectivity index (χ2n) is 6.03. The summed E-state index contributed by atoms with van der Waals surface area (Å²) in [5, 5.41) is 13.7. The molecule has 0 unspecified atom stereocenters. The van der Waals surface area contributed by atoms with Crippen molar-refractivity contribution in [3.63, 3.8) is 0 Å². The molecule has 0 saturated heterocycles. The van der Waals surface area contributed by atoms with Crippen LogP contribution in [0.1, 0.15) is 30.2 Å². The lowest BCUT2D eigenvalue weighted by molar-refractivity contribution is 0.431. The first-order valence-electron chi connectivity index (χ1n) is 8.55. The molecule has 2 heterocycles. The fourth-order valence-electron chi connectivity index (χ4n) is 2.69. The van der Waals surface area contributed by atoms with Crippen molar-refractivity contribution < 1.29 is 4.74 Å². The smallest absolute Gasteiger partial charge is 0.217 e. The van der Waals surface area contributed by atoms with Crippen LogP contribution in [0, 0.1) is 11.3 Å². The first-order chi connectivity index (χ1) is 12.6. The molecule has 6 nitrogen and oxygen atoms in total. The molecule has 0 saturated carbocycles. The molecule has 0 amide bonds. The van der Waals surface area contributed by atoms with Gasteiger partial charge in [0.15, 0.2) is 0 Å². The van der Waals surface area contributed by atoms with Gasteiger partial charge in [0.1, 0.15) is 5.75 Å². The van der Waals surface area contributed by atoms with Crippen molar-refractivity contribution in [3.8, 4) is 29.0 Å². The van der Waals surface area contributed by atoms with Gasteiger partial charge in [-0.25, -0.2) is 4.68 Å². The highest BCUT2D eigenvalue weighted by atomic mass is 16.5. The fraction of sp³-hybridized carbons (Fsp3) is 0.250. The van der Waals surface area contributed by atoms with E-state index in [0.717, 1.165) is 35.4 Å². The van der Waals surface area contributed by atoms with Crippen molar-refractivity contribution >= 4 is 0 Å². The van der Waals surface area contributed by atoms with Crippen molar-refractivity contribution in [2.75, 3.05) is 0 Å². The Morgan fingerprint density at radius 3 is 2.73 bits per heavy atom. The Morgan fingerprint density at radius 2 is 2.08 bits per heavy atom. The minimum atomic E-state index is 0.444. The Kier molecular flexibility index (Phi) is 5.30. The number of ether oxygens (including phenoxy) is 1. The van der Waals surface area contributed by atoms with Crippen molar-refractivity contribution in [1.82, 2.24) is 14.8 Å². The van der Waals surface area contributed by atoms with Crippen LogP contribution in [0.3, 0.4) is 0 Å². The van der Waals surface area contributed by atoms with Gasteiger partial charge in [0.05, 0.1) is 23.0 Å². The molecule has 0 atom stereocenters. The van der Waals surface area contributed by atoms with Gasteiger partial charge in [-0.15, -0.1) is 0 Å². The predicted octanol–water partition coefficient (Wildman–Crippen LogP) is 3.56. The van der Waals surface area contributed by atoms with E-state index >= 15 is 0 Å². The largest absolute Gasteiger partial charge is 0.439 e. The van der Waals surface area contributed by atoms with E-state index in [4.69, 9.17) is 10.5 Å². The molecule has 1 aromatic carbocycles. The highest BCUT2D eigenvalue weighted by Gasteiger charge is 2.13. The Labute approximate surface area is 152 Å². The van der Waals surface area contributed by atoms with Crippen LogP contribution in [0.2, 0.25) is 0 Å². The zero-order valence-corrected chi connectivity index (χ0v) is 14.9. The lowest BCUT2D eigenvalue weighted by atomic mass is 10.1. The van der Waals surface area contributed by atoms with Gasteiger partial charge in [-0.1, -0.05) is 19.4 Å². The van der Waals surface area contributed by atoms with Gasteiger partial charge in [-0.2, -0.15) is 10.4 Å². The third kappa shape index (κ3) is 3.73. The van der Waals surface area contributed by atoms with Crippen LogP contribution in [0.4, 0.5) is 0 Å². The normalized spacial score (nSPS) is 10.5. The summed E-state index contributed by atoms with van der Waals surface area (Å²) in [7, 11) is 1.84. The monoisotopic (exact) mass is 347 g/mol. The standard InChI is InChI=1S/C20H21N5O/c1-3-4-16-10-20(25(2)24-16)26-19-9-14(11-21)5-7-17(19)18-8-6-15(12-22)13-23-18/h5-10,13H,3-4,12,22H2,1-2H3. The molecule has 2 aromatic heterocycles. The Bertz CT molecular complexity index is 938. The molecule has 0 aliphatic rings. The topological polar surface area (TPSA) is 89.7 Å². The number of nitriles is 1. The van der Waals surface area contributed by atoms with Crippen molar-refractivity contribution in [2.45, 2.75) is 26.3 Å². The van der Waals surface area contributed by atoms with E-state index in [0.29, 0.717) is 23.7 Å². The summed E-state index contributed by atoms with van der Waals surface area (Å²) in [5.74, 6) is 1.20. The van der Waals surface area contributed by atoms with E-state index in [2.05, 4.69) is 23.1 Å². The quantitative estimate of drug-likeness (QED) is 0.736. The summed E-state index contributed by atoms with van der Waals surface area (Å²) in [5.41, 5.74) is 9.68. The van der Waals surface area contributed by atoms with Crippen LogP contribution in [0.15, 0.2) is 42.6 Å². The second kappa shape index (κ2) is 7.81. The SMILES string of the molecule is CCCc1cc(Oc2cc(C#N)ccc2-c2ccc(CN)cn2)n(C)n1. The molecule has 3 aromatic rings. The number of nitrogens with two attached hydrogens (primary N) is 1. The second-order valence-corrected chi connectivity index (χ2v) is 6.03. The van der Waals surface area contributed by atoms with Gasteiger partial charge in [0.25, 0.3) is 0 Å². The first kappa shape index (κ1) is 17.6. The Morgan fingerprint density at radius 1 is 1.23 bits per heavy atom. The number of hydrogen-bond acceptors (Lipinski definition) is 5. The molecule has 0 aliphatic heterocycles. The highest BCUT2D eigenvalue weighted by Crippen LogP contribution is 2.33. The molecule has 3 rings (SSSR count). The maximum atomic E-state index is 9.23. The van der Waals surface area contributed by atoms with E-state index in [9.17, 15) is 5.26 Å². The van der Waals surface area contributed by atoms with Crippen LogP contribution >= 0.6 is 0 Å². The van der Waals surface area contributed by atoms with E-state index in [1.807, 2.05) is 31.3 Å². The average Bonchev–Trinajstić information content (AvgIpc) is 3.01. The lowest BCUT2D eigenvalue weighted by Crippen LogP contribution is -1.99. The summed E-state index contributed by atoms with van der Waals surface area (Å²) < 4.78 is 7.81. The van der Waals surface area contributed by atoms with Crippen LogP contribution in [0.25, 0.3) is 11.3 Å². The maximum Gasteiger partial charge on any atom is 0.217 e. The van der Waals surface area contributed by atoms with Crippen molar-refractivity contribution in [1.29, 1.82) is 5.26 Å². The van der Waals surface area contributed by atoms with Gasteiger partial charge in [0, 0.05) is 31.4 Å². The van der Waals surface area contributed by atoms with Gasteiger partial charge in [-0.05, 0) is 36.2 Å². The highest BCUT2D eigenvalue weighted by molar-refractivity contribution is 5.69. The Hall–Kier alpha value is -3.17. The molecular weight excluding hydrogens is 326 g/mol. The molecule has 0 spiro atoms. The predicted molar refractivity (Wildman–Crippen MR) is 99.6 cm³/mol. The molecule has 0 bridgehead atoms. The number of nitrogens with zero attached hydrogens (tertiary/aromatic N) is 4. The number of rotatable bonds is 6. The number of hydrogen-bond donors (Lipinski definition) is 1. The zero-order chi connectivity index (χ0) is 18.5. The van der Waals surface area contributed by atoms with E-state index < -0.39 is 0 Å². The summed E-state index contributed by atoms with van der Waals surface area (Å²) in [6.45, 7) is 2.56. The molecule has 2 N–H and O–H groups in total. The minimum Gasteiger partial charge on any atom is -0.439 e. The summed E-state index contributed by atoms with van der Waals surface area (Å²) in [6.07, 6.45) is 3.66. The third-order valence-corrected chi connectivity index (χ3v) is 4.06. The van der Waals surface area contributed by atoms with Crippen molar-refractivity contribution in [2.24, 2.45) is 12.8 Å². The number of aryl methyl sites for hydroxylation is 2. The van der Waals surface area contributed by atoms with Crippen LogP contribution in [-0.4, -0.2) is 14.8 Å². The van der Waals surface area contributed by atoms with Gasteiger partial charge < -0.3 is 10.5 Å². The van der Waals surface area contributed by atoms with Crippen molar-refractivity contribution in [3.05, 3.63) is 59.4 Å². The van der Waals surface area contributed by atoms with E-state index in [-0.39, 0.29) is 0 Å². The van der Waals surface area contributed by atoms with E-state index in [1.54, 1.807) is 23.0 Å². The Balaban J connectivity index is 2.00. The van der Waals surface area contributed by atoms with Gasteiger partial charge >= 0.3 is 0 Å². The molecule has 26 heavy (non-hydrogen) atoms. The van der Waals surface area contributed by atoms with Crippen LogP contribution in [-0.2, 0) is 20.0 Å². The molecule has 6 heteroatoms. The third-order valence-electron chi connectivity index (χ3n) is 4.06. The van der Waals surface area contributed by atoms with E-state index in [1.165, 1.54) is 0 Å². The van der Waals surface area contributed by atoms with Crippen LogP contribution in [0.5, 0.6) is 11.6 Å². The van der Waals surface area contributed by atoms with Crippen LogP contribution < -0.4 is 10.5 Å². The molecule has 132 valence electrons. The minimum absolute atomic E-state index is 0.444. The number of aromatic nitrogens is 3. The first-order valence-corrected chi connectivity index (χ1v) is 8.55. The number of benzene rings is 1. The molecule has 0 radical (unpaired) electrons. The van der Waals surface area contributed by atoms with Gasteiger partial charge in [0.2, 0.25) is 5.88 Å². The fourth-order valence-corrected chi connectivity index (χ4v) is 2.69. The summed E-state index contributed by atoms with van der Waals surface area (Å²) in [4.78, 5) is 4.47. The molecular formula is C20H21N5O.